The van der Waals surface area contributed by atoms with Crippen molar-refractivity contribution < 1.29 is 14.7 Å². The molecule has 1 saturated heterocycles. The number of aromatic nitrogens is 2. The highest BCUT2D eigenvalue weighted by molar-refractivity contribution is 7.80. The predicted octanol–water partition coefficient (Wildman–Crippen LogP) is 4.57. The number of carboxylic acid groups (broad SMARTS) is 1. The highest BCUT2D eigenvalue weighted by Crippen LogP contribution is 2.39. The zero-order valence-corrected chi connectivity index (χ0v) is 20.6. The van der Waals surface area contributed by atoms with Crippen molar-refractivity contribution in [1.29, 1.82) is 0 Å². The van der Waals surface area contributed by atoms with Crippen LogP contribution in [-0.2, 0) is 4.79 Å². The lowest BCUT2D eigenvalue weighted by molar-refractivity contribution is -0.116. The maximum Gasteiger partial charge on any atom is 0.335 e. The second kappa shape index (κ2) is 10.6. The molecule has 0 saturated carbocycles. The zero-order chi connectivity index (χ0) is 25.8. The van der Waals surface area contributed by atoms with E-state index < -0.39 is 5.97 Å². The molecule has 1 aliphatic heterocycles. The van der Waals surface area contributed by atoms with Gasteiger partial charge in [-0.15, -0.1) is 0 Å². The second-order valence-corrected chi connectivity index (χ2v) is 9.03. The molecule has 9 heteroatoms. The van der Waals surface area contributed by atoms with Gasteiger partial charge in [-0.2, -0.15) is 0 Å². The lowest BCUT2D eigenvalue weighted by Crippen LogP contribution is -2.33. The Morgan fingerprint density at radius 3 is 2.43 bits per heavy atom. The molecule has 37 heavy (non-hydrogen) atoms. The van der Waals surface area contributed by atoms with Crippen LogP contribution in [0.25, 0.3) is 5.69 Å². The summed E-state index contributed by atoms with van der Waals surface area (Å²) in [5.74, 6) is -1.08. The molecule has 1 aliphatic rings. The van der Waals surface area contributed by atoms with Gasteiger partial charge in [0, 0.05) is 42.4 Å². The van der Waals surface area contributed by atoms with Crippen molar-refractivity contribution in [3.8, 4) is 5.69 Å². The fraction of sp³-hybridized carbons (Fsp3) is 0.143. The minimum absolute atomic E-state index is 0.103. The number of para-hydroxylation sites is 1. The van der Waals surface area contributed by atoms with Crippen molar-refractivity contribution in [2.45, 2.75) is 18.5 Å². The number of hydrogen-bond acceptors (Lipinski definition) is 4. The third-order valence-corrected chi connectivity index (χ3v) is 6.66. The number of carbonyl (C=O) groups excluding carboxylic acids is 1. The number of nitrogens with one attached hydrogen (secondary N) is 2. The van der Waals surface area contributed by atoms with Crippen molar-refractivity contribution >= 4 is 34.9 Å². The molecule has 0 unspecified atom stereocenters. The predicted molar refractivity (Wildman–Crippen MR) is 145 cm³/mol. The Labute approximate surface area is 219 Å². The number of pyridine rings is 1. The number of carboxylic acids is 1. The van der Waals surface area contributed by atoms with E-state index in [-0.39, 0.29) is 30.0 Å². The molecule has 1 fully saturated rings. The molecular formula is C28H25N5O3S. The normalized spacial score (nSPS) is 16.9. The van der Waals surface area contributed by atoms with Crippen molar-refractivity contribution in [2.75, 3.05) is 11.9 Å². The van der Waals surface area contributed by atoms with E-state index in [1.54, 1.807) is 30.5 Å². The van der Waals surface area contributed by atoms with Crippen LogP contribution in [0.2, 0.25) is 0 Å². The van der Waals surface area contributed by atoms with Gasteiger partial charge in [0.25, 0.3) is 0 Å². The van der Waals surface area contributed by atoms with E-state index in [0.717, 1.165) is 22.8 Å². The third kappa shape index (κ3) is 5.22. The van der Waals surface area contributed by atoms with Crippen LogP contribution in [0.5, 0.6) is 0 Å². The average Bonchev–Trinajstić information content (AvgIpc) is 3.52. The van der Waals surface area contributed by atoms with Crippen molar-refractivity contribution in [1.82, 2.24) is 19.8 Å². The van der Waals surface area contributed by atoms with E-state index in [1.807, 2.05) is 76.3 Å². The molecule has 5 rings (SSSR count). The zero-order valence-electron chi connectivity index (χ0n) is 19.8. The molecule has 8 nitrogen and oxygen atoms in total. The molecular weight excluding hydrogens is 486 g/mol. The maximum absolute atomic E-state index is 12.7. The highest BCUT2D eigenvalue weighted by atomic mass is 32.1. The monoisotopic (exact) mass is 511 g/mol. The molecule has 0 aliphatic carbocycles. The van der Waals surface area contributed by atoms with E-state index in [9.17, 15) is 14.7 Å². The number of amides is 1. The Morgan fingerprint density at radius 1 is 0.973 bits per heavy atom. The molecule has 2 atom stereocenters. The molecule has 2 aromatic carbocycles. The molecule has 186 valence electrons. The smallest absolute Gasteiger partial charge is 0.335 e. The van der Waals surface area contributed by atoms with Crippen molar-refractivity contribution in [2.24, 2.45) is 0 Å². The van der Waals surface area contributed by atoms with Crippen molar-refractivity contribution in [3.05, 3.63) is 114 Å². The fourth-order valence-corrected chi connectivity index (χ4v) is 4.90. The number of carbonyl (C=O) groups is 2. The SMILES string of the molecule is O=C(CCN1C(=S)N[C@@H](c2ccccn2)[C@@H]1c1cccn1-c1ccc(C(=O)O)cc1)Nc1ccccc1. The topological polar surface area (TPSA) is 99.5 Å². The number of aromatic carboxylic acids is 1. The largest absolute Gasteiger partial charge is 0.478 e. The molecule has 2 aromatic heterocycles. The molecule has 0 radical (unpaired) electrons. The van der Waals surface area contributed by atoms with Crippen LogP contribution in [-0.4, -0.2) is 43.1 Å². The molecule has 3 heterocycles. The Hall–Kier alpha value is -4.50. The summed E-state index contributed by atoms with van der Waals surface area (Å²) in [6, 6.07) is 25.3. The standard InChI is InChI=1S/C28H25N5O3S/c34-24(30-20-7-2-1-3-8-20)15-18-33-26(25(31-28(33)37)22-9-4-5-16-29-22)23-10-6-17-32(23)21-13-11-19(12-14-21)27(35)36/h1-14,16-17,25-26H,15,18H2,(H,30,34)(H,31,37)(H,35,36)/t25-,26-/m0/s1. The van der Waals surface area contributed by atoms with Crippen LogP contribution < -0.4 is 10.6 Å². The van der Waals surface area contributed by atoms with Gasteiger partial charge in [0.2, 0.25) is 5.91 Å². The molecule has 3 N–H and O–H groups in total. The van der Waals surface area contributed by atoms with Gasteiger partial charge in [0.05, 0.1) is 23.3 Å². The summed E-state index contributed by atoms with van der Waals surface area (Å²) in [6.45, 7) is 0.404. The van der Waals surface area contributed by atoms with Crippen LogP contribution in [0.3, 0.4) is 0 Å². The summed E-state index contributed by atoms with van der Waals surface area (Å²) in [5.41, 5.74) is 3.56. The summed E-state index contributed by atoms with van der Waals surface area (Å²) in [6.07, 6.45) is 3.93. The minimum Gasteiger partial charge on any atom is -0.478 e. The Morgan fingerprint density at radius 2 is 1.73 bits per heavy atom. The summed E-state index contributed by atoms with van der Waals surface area (Å²) in [4.78, 5) is 30.6. The number of nitrogens with zero attached hydrogens (tertiary/aromatic N) is 3. The summed E-state index contributed by atoms with van der Waals surface area (Å²) in [7, 11) is 0. The van der Waals surface area contributed by atoms with E-state index in [1.165, 1.54) is 0 Å². The Balaban J connectivity index is 1.45. The van der Waals surface area contributed by atoms with Gasteiger partial charge in [0.15, 0.2) is 5.11 Å². The first-order chi connectivity index (χ1) is 18.0. The third-order valence-electron chi connectivity index (χ3n) is 6.31. The first-order valence-electron chi connectivity index (χ1n) is 11.9. The van der Waals surface area contributed by atoms with Crippen LogP contribution in [0, 0.1) is 0 Å². The van der Waals surface area contributed by atoms with E-state index in [4.69, 9.17) is 12.2 Å². The molecule has 0 bridgehead atoms. The number of anilines is 1. The summed E-state index contributed by atoms with van der Waals surface area (Å²) >= 11 is 5.74. The first kappa shape index (κ1) is 24.2. The number of hydrogen-bond donors (Lipinski definition) is 3. The minimum atomic E-state index is -0.972. The van der Waals surface area contributed by atoms with Gasteiger partial charge in [-0.3, -0.25) is 9.78 Å². The summed E-state index contributed by atoms with van der Waals surface area (Å²) < 4.78 is 2.01. The number of rotatable bonds is 8. The second-order valence-electron chi connectivity index (χ2n) is 8.64. The quantitative estimate of drug-likeness (QED) is 0.298. The van der Waals surface area contributed by atoms with Gasteiger partial charge in [-0.1, -0.05) is 24.3 Å². The average molecular weight is 512 g/mol. The van der Waals surface area contributed by atoms with Gasteiger partial charge in [-0.05, 0) is 72.9 Å². The van der Waals surface area contributed by atoms with Gasteiger partial charge < -0.3 is 25.2 Å². The highest BCUT2D eigenvalue weighted by Gasteiger charge is 2.41. The Bertz CT molecular complexity index is 1410. The van der Waals surface area contributed by atoms with Gasteiger partial charge in [-0.25, -0.2) is 4.79 Å². The number of benzene rings is 2. The van der Waals surface area contributed by atoms with Crippen molar-refractivity contribution in [3.63, 3.8) is 0 Å². The van der Waals surface area contributed by atoms with Crippen LogP contribution in [0.1, 0.15) is 40.3 Å². The first-order valence-corrected chi connectivity index (χ1v) is 12.3. The Kier molecular flexibility index (Phi) is 6.96. The molecule has 0 spiro atoms. The summed E-state index contributed by atoms with van der Waals surface area (Å²) in [5, 5.41) is 16.2. The lowest BCUT2D eigenvalue weighted by atomic mass is 10.0. The maximum atomic E-state index is 12.7. The molecule has 4 aromatic rings. The van der Waals surface area contributed by atoms with Gasteiger partial charge >= 0.3 is 5.97 Å². The fourth-order valence-electron chi connectivity index (χ4n) is 4.57. The van der Waals surface area contributed by atoms with Crippen LogP contribution >= 0.6 is 12.2 Å². The van der Waals surface area contributed by atoms with E-state index >= 15 is 0 Å². The van der Waals surface area contributed by atoms with E-state index in [0.29, 0.717) is 11.7 Å². The van der Waals surface area contributed by atoms with E-state index in [2.05, 4.69) is 15.6 Å². The lowest BCUT2D eigenvalue weighted by Gasteiger charge is -2.29. The number of thiocarbonyl (C=S) groups is 1. The molecule has 1 amide bonds. The van der Waals surface area contributed by atoms with Crippen LogP contribution in [0.4, 0.5) is 5.69 Å². The van der Waals surface area contributed by atoms with Crippen LogP contribution in [0.15, 0.2) is 97.3 Å². The van der Waals surface area contributed by atoms with Gasteiger partial charge in [0.1, 0.15) is 0 Å².